The maximum Gasteiger partial charge on any atom is 0.332 e. The summed E-state index contributed by atoms with van der Waals surface area (Å²) < 4.78 is 30.3. The van der Waals surface area contributed by atoms with Crippen LogP contribution in [0.25, 0.3) is 26.5 Å². The van der Waals surface area contributed by atoms with E-state index in [9.17, 15) is 4.79 Å². The summed E-state index contributed by atoms with van der Waals surface area (Å²) >= 11 is 6.94. The number of aromatic nitrogens is 4. The van der Waals surface area contributed by atoms with Gasteiger partial charge in [0.05, 0.1) is 27.4 Å². The summed E-state index contributed by atoms with van der Waals surface area (Å²) in [5, 5.41) is 5.99. The van der Waals surface area contributed by atoms with Crippen molar-refractivity contribution in [2.24, 2.45) is 0 Å². The zero-order chi connectivity index (χ0) is 30.5. The van der Waals surface area contributed by atoms with Crippen LogP contribution in [0.2, 0.25) is 0 Å². The van der Waals surface area contributed by atoms with Gasteiger partial charge in [0, 0.05) is 68.5 Å². The summed E-state index contributed by atoms with van der Waals surface area (Å²) in [5.74, 6) is -0.151. The molecule has 4 heterocycles. The van der Waals surface area contributed by atoms with Crippen molar-refractivity contribution in [3.05, 3.63) is 114 Å². The van der Waals surface area contributed by atoms with Gasteiger partial charge in [-0.25, -0.2) is 13.8 Å². The third-order valence-corrected chi connectivity index (χ3v) is 8.25. The summed E-state index contributed by atoms with van der Waals surface area (Å²) in [6.45, 7) is 2.11. The van der Waals surface area contributed by atoms with E-state index in [4.69, 9.17) is 21.7 Å². The van der Waals surface area contributed by atoms with Gasteiger partial charge in [0.25, 0.3) is 0 Å². The third-order valence-electron chi connectivity index (χ3n) is 6.70. The number of anilines is 1. The Hall–Kier alpha value is -4.75. The molecule has 0 spiro atoms. The molecule has 0 unspecified atom stereocenters. The van der Waals surface area contributed by atoms with E-state index in [0.29, 0.717) is 18.9 Å². The molecule has 0 aliphatic heterocycles. The van der Waals surface area contributed by atoms with Gasteiger partial charge in [-0.15, -0.1) is 11.3 Å². The molecule has 0 saturated carbocycles. The molecule has 0 radical (unpaired) electrons. The maximum absolute atomic E-state index is 15.2. The summed E-state index contributed by atoms with van der Waals surface area (Å²) in [6.07, 6.45) is 6.73. The highest BCUT2D eigenvalue weighted by Crippen LogP contribution is 2.39. The van der Waals surface area contributed by atoms with Crippen molar-refractivity contribution in [2.75, 3.05) is 25.6 Å². The van der Waals surface area contributed by atoms with Gasteiger partial charge in [0.15, 0.2) is 16.3 Å². The molecule has 0 atom stereocenters. The fourth-order valence-corrected chi connectivity index (χ4v) is 5.84. The van der Waals surface area contributed by atoms with Crippen LogP contribution in [0.3, 0.4) is 0 Å². The van der Waals surface area contributed by atoms with E-state index < -0.39 is 11.8 Å². The number of halogens is 1. The Bertz CT molecular complexity index is 1970. The minimum absolute atomic E-state index is 0.0146. The molecule has 222 valence electrons. The van der Waals surface area contributed by atoms with Gasteiger partial charge in [0.1, 0.15) is 5.75 Å². The molecule has 0 saturated heterocycles. The van der Waals surface area contributed by atoms with Crippen LogP contribution >= 0.6 is 23.6 Å². The Morgan fingerprint density at radius 3 is 2.66 bits per heavy atom. The highest BCUT2D eigenvalue weighted by Gasteiger charge is 2.15. The molecule has 6 rings (SSSR count). The Balaban J connectivity index is 1.15. The molecule has 6 aromatic rings. The van der Waals surface area contributed by atoms with E-state index >= 15 is 4.39 Å². The fourth-order valence-electron chi connectivity index (χ4n) is 4.48. The first-order valence-electron chi connectivity index (χ1n) is 13.7. The highest BCUT2D eigenvalue weighted by atomic mass is 32.1. The number of pyridine rings is 2. The van der Waals surface area contributed by atoms with Gasteiger partial charge in [0.2, 0.25) is 0 Å². The number of rotatable bonds is 10. The average molecular weight is 627 g/mol. The first-order chi connectivity index (χ1) is 21.5. The Morgan fingerprint density at radius 2 is 1.89 bits per heavy atom. The van der Waals surface area contributed by atoms with Crippen molar-refractivity contribution in [1.29, 1.82) is 0 Å². The van der Waals surface area contributed by atoms with Crippen molar-refractivity contribution in [3.63, 3.8) is 0 Å². The van der Waals surface area contributed by atoms with Crippen LogP contribution in [-0.2, 0) is 11.3 Å². The monoisotopic (exact) mass is 626 g/mol. The predicted molar refractivity (Wildman–Crippen MR) is 172 cm³/mol. The number of imidazole rings is 1. The number of carbonyl (C=O) groups is 1. The van der Waals surface area contributed by atoms with E-state index in [0.717, 1.165) is 38.6 Å². The molecule has 4 aromatic heterocycles. The number of thiophene rings is 1. The second kappa shape index (κ2) is 13.3. The maximum atomic E-state index is 15.2. The second-order valence-electron chi connectivity index (χ2n) is 9.69. The number of hydrogen-bond acceptors (Lipinski definition) is 8. The lowest BCUT2D eigenvalue weighted by atomic mass is 10.2. The lowest BCUT2D eigenvalue weighted by Gasteiger charge is -2.10. The average Bonchev–Trinajstić information content (AvgIpc) is 3.66. The summed E-state index contributed by atoms with van der Waals surface area (Å²) in [4.78, 5) is 22.9. The number of benzene rings is 2. The van der Waals surface area contributed by atoms with Gasteiger partial charge in [-0.05, 0) is 54.2 Å². The molecule has 0 bridgehead atoms. The first-order valence-corrected chi connectivity index (χ1v) is 14.9. The molecule has 0 aliphatic rings. The van der Waals surface area contributed by atoms with Crippen LogP contribution in [-0.4, -0.2) is 45.4 Å². The molecule has 9 nitrogen and oxygen atoms in total. The molecule has 0 aliphatic carbocycles. The number of carbonyl (C=O) groups excluding carboxylic acids is 1. The van der Waals surface area contributed by atoms with E-state index in [1.165, 1.54) is 28.0 Å². The van der Waals surface area contributed by atoms with Gasteiger partial charge < -0.3 is 20.1 Å². The zero-order valence-electron chi connectivity index (χ0n) is 23.6. The molecule has 0 fully saturated rings. The molecular formula is C32H27FN6O3S2. The number of para-hydroxylation sites is 1. The number of hydrogen-bond donors (Lipinski definition) is 2. The Kier molecular flexibility index (Phi) is 8.84. The minimum Gasteiger partial charge on any atom is -0.453 e. The molecule has 12 heteroatoms. The molecular weight excluding hydrogens is 600 g/mol. The van der Waals surface area contributed by atoms with Crippen molar-refractivity contribution in [1.82, 2.24) is 24.4 Å². The molecule has 44 heavy (non-hydrogen) atoms. The van der Waals surface area contributed by atoms with E-state index in [1.54, 1.807) is 42.4 Å². The number of fused-ring (bicyclic) bond motifs is 1. The van der Waals surface area contributed by atoms with Gasteiger partial charge in [-0.3, -0.25) is 14.5 Å². The van der Waals surface area contributed by atoms with Crippen molar-refractivity contribution in [3.8, 4) is 27.8 Å². The van der Waals surface area contributed by atoms with Gasteiger partial charge in [-0.2, -0.15) is 0 Å². The summed E-state index contributed by atoms with van der Waals surface area (Å²) in [6, 6.07) is 20.8. The standard InChI is InChI=1S/C32H27FN6O3S2/c1-41-16-13-34-19-21-7-9-25(36-20-21)29-18-26-30(44-29)28(11-12-35-26)42-27-10-8-22(17-24(27)33)37-31(40)39-15-14-38(32(39)43)23-5-3-2-4-6-23/h2-12,14-15,17-18,20,34H,13,16,19H2,1H3,(H,37,40). The normalized spacial score (nSPS) is 11.1. The summed E-state index contributed by atoms with van der Waals surface area (Å²) in [7, 11) is 1.67. The predicted octanol–water partition coefficient (Wildman–Crippen LogP) is 7.43. The Morgan fingerprint density at radius 1 is 1.02 bits per heavy atom. The second-order valence-corrected chi connectivity index (χ2v) is 11.1. The Labute approximate surface area is 261 Å². The van der Waals surface area contributed by atoms with Crippen LogP contribution in [0.5, 0.6) is 11.5 Å². The molecule has 2 aromatic carbocycles. The quantitative estimate of drug-likeness (QED) is 0.121. The van der Waals surface area contributed by atoms with Crippen LogP contribution in [0, 0.1) is 10.6 Å². The van der Waals surface area contributed by atoms with E-state index in [-0.39, 0.29) is 16.2 Å². The first kappa shape index (κ1) is 29.3. The van der Waals surface area contributed by atoms with Crippen LogP contribution in [0.1, 0.15) is 5.56 Å². The van der Waals surface area contributed by atoms with Crippen LogP contribution < -0.4 is 15.4 Å². The number of nitrogens with zero attached hydrogens (tertiary/aromatic N) is 4. The van der Waals surface area contributed by atoms with Crippen LogP contribution in [0.4, 0.5) is 14.9 Å². The molecule has 2 N–H and O–H groups in total. The summed E-state index contributed by atoms with van der Waals surface area (Å²) in [5.41, 5.74) is 3.69. The van der Waals surface area contributed by atoms with Gasteiger partial charge in [-0.1, -0.05) is 24.3 Å². The minimum atomic E-state index is -0.633. The number of methoxy groups -OCH3 is 1. The fraction of sp³-hybridized carbons (Fsp3) is 0.125. The zero-order valence-corrected chi connectivity index (χ0v) is 25.2. The number of nitrogens with one attached hydrogen (secondary N) is 2. The lowest BCUT2D eigenvalue weighted by Crippen LogP contribution is -2.19. The van der Waals surface area contributed by atoms with E-state index in [2.05, 4.69) is 20.6 Å². The SMILES string of the molecule is COCCNCc1ccc(-c2cc3nccc(Oc4ccc(NC(=O)n5ccn(-c6ccccc6)c5=S)cc4F)c3s2)nc1. The topological polar surface area (TPSA) is 95.2 Å². The number of ether oxygens (including phenoxy) is 2. The van der Waals surface area contributed by atoms with Crippen LogP contribution in [0.15, 0.2) is 97.6 Å². The van der Waals surface area contributed by atoms with E-state index in [1.807, 2.05) is 54.7 Å². The smallest absolute Gasteiger partial charge is 0.332 e. The van der Waals surface area contributed by atoms with Crippen molar-refractivity contribution >= 4 is 45.5 Å². The van der Waals surface area contributed by atoms with Crippen molar-refractivity contribution < 1.29 is 18.7 Å². The highest BCUT2D eigenvalue weighted by molar-refractivity contribution is 7.71. The van der Waals surface area contributed by atoms with Crippen molar-refractivity contribution in [2.45, 2.75) is 6.54 Å². The third kappa shape index (κ3) is 6.43. The number of amides is 1. The largest absolute Gasteiger partial charge is 0.453 e. The molecule has 1 amide bonds. The van der Waals surface area contributed by atoms with Gasteiger partial charge >= 0.3 is 6.03 Å². The lowest BCUT2D eigenvalue weighted by molar-refractivity contribution is 0.199.